The largest absolute Gasteiger partial charge is 0.508 e. The molecule has 0 saturated heterocycles. The summed E-state index contributed by atoms with van der Waals surface area (Å²) in [6, 6.07) is 5.21. The number of nitrogens with one attached hydrogen (secondary N) is 4. The summed E-state index contributed by atoms with van der Waals surface area (Å²) in [4.78, 5) is 40.0. The van der Waals surface area contributed by atoms with E-state index in [1.54, 1.807) is 0 Å². The van der Waals surface area contributed by atoms with Crippen molar-refractivity contribution in [2.24, 2.45) is 4.99 Å². The normalized spacial score (nSPS) is 15.1. The van der Waals surface area contributed by atoms with Crippen molar-refractivity contribution in [1.29, 1.82) is 0 Å². The number of rotatable bonds is 8. The zero-order valence-corrected chi connectivity index (χ0v) is 21.2. The highest BCUT2D eigenvalue weighted by atomic mass is 79.9. The van der Waals surface area contributed by atoms with Crippen LogP contribution in [0.2, 0.25) is 5.02 Å². The van der Waals surface area contributed by atoms with Crippen LogP contribution in [-0.4, -0.2) is 64.6 Å². The number of benzene rings is 2. The molecule has 1 unspecified atom stereocenters. The minimum absolute atomic E-state index is 0.0302. The lowest BCUT2D eigenvalue weighted by molar-refractivity contribution is -0.137. The van der Waals surface area contributed by atoms with E-state index < -0.39 is 55.8 Å². The molecule has 37 heavy (non-hydrogen) atoms. The van der Waals surface area contributed by atoms with Crippen molar-refractivity contribution in [2.45, 2.75) is 18.4 Å². The lowest BCUT2D eigenvalue weighted by Gasteiger charge is -2.23. The Morgan fingerprint density at radius 1 is 1.19 bits per heavy atom. The van der Waals surface area contributed by atoms with Gasteiger partial charge in [0.05, 0.1) is 30.0 Å². The Labute approximate surface area is 222 Å². The number of carboxylic acid groups (broad SMARTS) is 1. The van der Waals surface area contributed by atoms with Crippen LogP contribution in [0.5, 0.6) is 11.5 Å². The van der Waals surface area contributed by atoms with Gasteiger partial charge >= 0.3 is 5.97 Å². The molecule has 3 rings (SSSR count). The first-order valence-electron chi connectivity index (χ1n) is 10.6. The van der Waals surface area contributed by atoms with E-state index in [1.807, 2.05) is 0 Å². The number of carboxylic acids is 1. The highest BCUT2D eigenvalue weighted by Gasteiger charge is 2.32. The molecule has 198 valence electrons. The SMILES string of the molecule is O=C(O)CC(NC(=O)CNC(=O)c1cc(O)cc(NC2=NCC(F)(F)CN2)c1)c1cc(Cl)cc(Br)c1O. The van der Waals surface area contributed by atoms with Crippen LogP contribution in [0.3, 0.4) is 0 Å². The van der Waals surface area contributed by atoms with E-state index in [0.29, 0.717) is 0 Å². The standard InChI is InChI=1S/C22H21BrClF2N5O6/c23-15-4-11(24)3-14(19(15)36)16(6-18(34)35)31-17(33)7-27-20(37)10-1-12(5-13(32)2-10)30-21-28-8-22(25,26)9-29-21/h1-5,16,32,36H,6-9H2,(H,27,37)(H,31,33)(H,34,35)(H2,28,29,30). The van der Waals surface area contributed by atoms with Crippen LogP contribution < -0.4 is 21.3 Å². The third kappa shape index (κ3) is 7.92. The first-order valence-corrected chi connectivity index (χ1v) is 11.7. The van der Waals surface area contributed by atoms with Crippen molar-refractivity contribution < 1.29 is 38.5 Å². The molecule has 0 fully saturated rings. The van der Waals surface area contributed by atoms with Gasteiger partial charge in [-0.3, -0.25) is 14.4 Å². The molecule has 1 aliphatic rings. The van der Waals surface area contributed by atoms with Crippen LogP contribution >= 0.6 is 27.5 Å². The van der Waals surface area contributed by atoms with Crippen molar-refractivity contribution >= 4 is 57.0 Å². The Hall–Kier alpha value is -3.65. The molecule has 2 aromatic carbocycles. The number of aliphatic imine (C=N–C) groups is 1. The zero-order valence-electron chi connectivity index (χ0n) is 18.8. The van der Waals surface area contributed by atoms with E-state index in [2.05, 4.69) is 42.2 Å². The van der Waals surface area contributed by atoms with Crippen LogP contribution in [0.4, 0.5) is 14.5 Å². The van der Waals surface area contributed by atoms with Gasteiger partial charge in [0.2, 0.25) is 5.91 Å². The van der Waals surface area contributed by atoms with Gasteiger partial charge in [-0.15, -0.1) is 0 Å². The number of hydrogen-bond donors (Lipinski definition) is 7. The van der Waals surface area contributed by atoms with E-state index in [0.717, 1.165) is 6.07 Å². The molecule has 11 nitrogen and oxygen atoms in total. The maximum Gasteiger partial charge on any atom is 0.305 e. The first kappa shape index (κ1) is 27.9. The molecule has 0 saturated carbocycles. The van der Waals surface area contributed by atoms with Gasteiger partial charge in [0.15, 0.2) is 5.96 Å². The molecule has 2 amide bonds. The van der Waals surface area contributed by atoms with Crippen molar-refractivity contribution in [2.75, 3.05) is 25.0 Å². The summed E-state index contributed by atoms with van der Waals surface area (Å²) >= 11 is 9.08. The van der Waals surface area contributed by atoms with Crippen molar-refractivity contribution in [3.63, 3.8) is 0 Å². The summed E-state index contributed by atoms with van der Waals surface area (Å²) in [5.41, 5.74) is 0.173. The number of phenols is 2. The summed E-state index contributed by atoms with van der Waals surface area (Å²) in [5, 5.41) is 39.5. The maximum absolute atomic E-state index is 13.2. The van der Waals surface area contributed by atoms with Gasteiger partial charge < -0.3 is 36.6 Å². The summed E-state index contributed by atoms with van der Waals surface area (Å²) in [6.45, 7) is -1.93. The molecule has 0 aromatic heterocycles. The summed E-state index contributed by atoms with van der Waals surface area (Å²) in [6.07, 6.45) is -0.578. The molecular weight excluding hydrogens is 584 g/mol. The number of anilines is 1. The minimum Gasteiger partial charge on any atom is -0.508 e. The number of carbonyl (C=O) groups excluding carboxylic acids is 2. The predicted octanol–water partition coefficient (Wildman–Crippen LogP) is 2.58. The number of halogens is 4. The molecule has 1 heterocycles. The van der Waals surface area contributed by atoms with Gasteiger partial charge in [-0.25, -0.2) is 13.8 Å². The first-order chi connectivity index (χ1) is 17.3. The molecule has 0 spiro atoms. The number of carbonyl (C=O) groups is 3. The second-order valence-electron chi connectivity index (χ2n) is 7.99. The van der Waals surface area contributed by atoms with Crippen LogP contribution in [0.1, 0.15) is 28.4 Å². The molecule has 7 N–H and O–H groups in total. The molecule has 0 bridgehead atoms. The second-order valence-corrected chi connectivity index (χ2v) is 9.28. The number of phenolic OH excluding ortho intramolecular Hbond substituents is 2. The summed E-state index contributed by atoms with van der Waals surface area (Å²) in [7, 11) is 0. The van der Waals surface area contributed by atoms with Gasteiger partial charge in [-0.2, -0.15) is 0 Å². The number of guanidine groups is 1. The van der Waals surface area contributed by atoms with Gasteiger partial charge in [0.25, 0.3) is 11.8 Å². The van der Waals surface area contributed by atoms with Crippen LogP contribution in [0, 0.1) is 0 Å². The van der Waals surface area contributed by atoms with Crippen LogP contribution in [0.25, 0.3) is 0 Å². The molecule has 0 radical (unpaired) electrons. The van der Waals surface area contributed by atoms with E-state index in [9.17, 15) is 38.5 Å². The minimum atomic E-state index is -2.99. The molecule has 15 heteroatoms. The van der Waals surface area contributed by atoms with Crippen LogP contribution in [0.15, 0.2) is 39.8 Å². The fourth-order valence-corrected chi connectivity index (χ4v) is 4.16. The van der Waals surface area contributed by atoms with Gasteiger partial charge in [-0.05, 0) is 40.2 Å². The predicted molar refractivity (Wildman–Crippen MR) is 133 cm³/mol. The third-order valence-corrected chi connectivity index (χ3v) is 5.80. The zero-order chi connectivity index (χ0) is 27.3. The van der Waals surface area contributed by atoms with Gasteiger partial charge in [-0.1, -0.05) is 11.6 Å². The number of alkyl halides is 2. The number of aromatic hydroxyl groups is 2. The van der Waals surface area contributed by atoms with Gasteiger partial charge in [0, 0.05) is 27.9 Å². The number of amides is 2. The van der Waals surface area contributed by atoms with Crippen molar-refractivity contribution in [3.05, 3.63) is 51.0 Å². The number of nitrogens with zero attached hydrogens (tertiary/aromatic N) is 1. The van der Waals surface area contributed by atoms with E-state index >= 15 is 0 Å². The van der Waals surface area contributed by atoms with E-state index in [1.165, 1.54) is 24.3 Å². The smallest absolute Gasteiger partial charge is 0.305 e. The Morgan fingerprint density at radius 2 is 1.92 bits per heavy atom. The highest BCUT2D eigenvalue weighted by molar-refractivity contribution is 9.10. The monoisotopic (exact) mass is 603 g/mol. The van der Waals surface area contributed by atoms with Crippen molar-refractivity contribution in [3.8, 4) is 11.5 Å². The lowest BCUT2D eigenvalue weighted by Crippen LogP contribution is -2.46. The topological polar surface area (TPSA) is 172 Å². The maximum atomic E-state index is 13.2. The molecular formula is C22H21BrClF2N5O6. The fourth-order valence-electron chi connectivity index (χ4n) is 3.33. The number of hydrogen-bond acceptors (Lipinski definition) is 8. The molecule has 2 aromatic rings. The van der Waals surface area contributed by atoms with Crippen LogP contribution in [-0.2, 0) is 9.59 Å². The molecule has 0 aliphatic carbocycles. The quantitative estimate of drug-likeness (QED) is 0.241. The Morgan fingerprint density at radius 3 is 2.57 bits per heavy atom. The Kier molecular flexibility index (Phi) is 8.76. The average molecular weight is 605 g/mol. The second kappa shape index (κ2) is 11.6. The van der Waals surface area contributed by atoms with Crippen molar-refractivity contribution in [1.82, 2.24) is 16.0 Å². The fraction of sp³-hybridized carbons (Fsp3) is 0.273. The number of aliphatic carboxylic acids is 1. The van der Waals surface area contributed by atoms with Gasteiger partial charge in [0.1, 0.15) is 18.0 Å². The molecule has 1 atom stereocenters. The summed E-state index contributed by atoms with van der Waals surface area (Å²) in [5.74, 6) is -6.36. The lowest BCUT2D eigenvalue weighted by atomic mass is 10.0. The van der Waals surface area contributed by atoms with E-state index in [-0.39, 0.29) is 43.8 Å². The highest BCUT2D eigenvalue weighted by Crippen LogP contribution is 2.36. The Balaban J connectivity index is 1.66. The third-order valence-electron chi connectivity index (χ3n) is 4.98. The Bertz CT molecular complexity index is 1260. The van der Waals surface area contributed by atoms with E-state index in [4.69, 9.17) is 11.6 Å². The average Bonchev–Trinajstić information content (AvgIpc) is 2.80. The molecule has 1 aliphatic heterocycles. The summed E-state index contributed by atoms with van der Waals surface area (Å²) < 4.78 is 26.6.